The smallest absolute Gasteiger partial charge is 0.174 e. The highest BCUT2D eigenvalue weighted by molar-refractivity contribution is 6.13. The van der Waals surface area contributed by atoms with Crippen molar-refractivity contribution >= 4 is 17.6 Å². The molecule has 0 atom stereocenters. The van der Waals surface area contributed by atoms with Crippen molar-refractivity contribution in [3.8, 4) is 11.5 Å². The van der Waals surface area contributed by atoms with Gasteiger partial charge in [-0.05, 0) is 35.9 Å². The van der Waals surface area contributed by atoms with Gasteiger partial charge in [-0.1, -0.05) is 30.3 Å². The zero-order valence-electron chi connectivity index (χ0n) is 11.2. The van der Waals surface area contributed by atoms with Crippen LogP contribution >= 0.6 is 0 Å². The van der Waals surface area contributed by atoms with E-state index in [1.54, 1.807) is 30.3 Å². The second kappa shape index (κ2) is 6.52. The van der Waals surface area contributed by atoms with E-state index in [2.05, 4.69) is 0 Å². The normalized spacial score (nSPS) is 10.7. The van der Waals surface area contributed by atoms with Crippen LogP contribution in [0.4, 0.5) is 0 Å². The molecule has 0 unspecified atom stereocenters. The minimum absolute atomic E-state index is 0.127. The lowest BCUT2D eigenvalue weighted by Crippen LogP contribution is -2.06. The third-order valence-electron chi connectivity index (χ3n) is 2.89. The van der Waals surface area contributed by atoms with Gasteiger partial charge in [-0.3, -0.25) is 9.59 Å². The van der Waals surface area contributed by atoms with Crippen LogP contribution in [0, 0.1) is 0 Å². The fourth-order valence-electron chi connectivity index (χ4n) is 1.80. The van der Waals surface area contributed by atoms with Gasteiger partial charge >= 0.3 is 0 Å². The Labute approximate surface area is 122 Å². The van der Waals surface area contributed by atoms with Gasteiger partial charge in [0, 0.05) is 0 Å². The zero-order chi connectivity index (χ0) is 15.2. The summed E-state index contributed by atoms with van der Waals surface area (Å²) in [7, 11) is 0. The highest BCUT2D eigenvalue weighted by Gasteiger charge is 2.13. The third kappa shape index (κ3) is 4.04. The number of aromatic hydroxyl groups is 2. The first kappa shape index (κ1) is 14.5. The number of rotatable bonds is 5. The van der Waals surface area contributed by atoms with E-state index in [0.29, 0.717) is 0 Å². The van der Waals surface area contributed by atoms with Gasteiger partial charge < -0.3 is 10.2 Å². The van der Waals surface area contributed by atoms with Crippen molar-refractivity contribution in [3.05, 3.63) is 65.7 Å². The molecule has 0 heterocycles. The number of allylic oxidation sites excluding steroid dienone is 1. The van der Waals surface area contributed by atoms with E-state index in [0.717, 1.165) is 5.56 Å². The number of Topliss-reactive ketones (excluding diaryl/α,β-unsaturated/α-hetero) is 1. The predicted octanol–water partition coefficient (Wildman–Crippen LogP) is 2.95. The number of phenolic OH excluding ortho intramolecular Hbond substituents is 2. The lowest BCUT2D eigenvalue weighted by molar-refractivity contribution is -0.113. The molecule has 0 amide bonds. The highest BCUT2D eigenvalue weighted by Crippen LogP contribution is 2.17. The molecule has 21 heavy (non-hydrogen) atoms. The molecule has 4 nitrogen and oxygen atoms in total. The zero-order valence-corrected chi connectivity index (χ0v) is 11.2. The molecule has 2 aromatic rings. The van der Waals surface area contributed by atoms with E-state index in [1.807, 2.05) is 0 Å². The number of carbonyl (C=O) groups excluding carboxylic acids is 2. The Hall–Kier alpha value is -2.88. The molecule has 2 N–H and O–H groups in total. The van der Waals surface area contributed by atoms with Crippen molar-refractivity contribution in [1.82, 2.24) is 0 Å². The van der Waals surface area contributed by atoms with Crippen molar-refractivity contribution in [2.45, 2.75) is 6.42 Å². The number of benzene rings is 2. The topological polar surface area (TPSA) is 74.6 Å². The Balaban J connectivity index is 2.00. The number of hydrogen-bond donors (Lipinski definition) is 2. The molecule has 106 valence electrons. The van der Waals surface area contributed by atoms with E-state index in [9.17, 15) is 14.7 Å². The van der Waals surface area contributed by atoms with Crippen molar-refractivity contribution < 1.29 is 19.8 Å². The fourth-order valence-corrected chi connectivity index (χ4v) is 1.80. The largest absolute Gasteiger partial charge is 0.508 e. The highest BCUT2D eigenvalue weighted by atomic mass is 16.3. The standard InChI is InChI=1S/C17H14O4/c18-13-8-5-12(6-9-13)7-10-14(19)11-17(21)15-3-1-2-4-16(15)20/h1-10,18,20H,11H2/b10-7+. The molecule has 0 spiro atoms. The van der Waals surface area contributed by atoms with Crippen molar-refractivity contribution in [1.29, 1.82) is 0 Å². The average molecular weight is 282 g/mol. The van der Waals surface area contributed by atoms with Gasteiger partial charge in [0.1, 0.15) is 11.5 Å². The second-order valence-corrected chi connectivity index (χ2v) is 4.51. The van der Waals surface area contributed by atoms with Crippen LogP contribution in [0.25, 0.3) is 6.08 Å². The lowest BCUT2D eigenvalue weighted by atomic mass is 10.0. The van der Waals surface area contributed by atoms with E-state index >= 15 is 0 Å². The summed E-state index contributed by atoms with van der Waals surface area (Å²) in [5.74, 6) is -0.754. The molecule has 4 heteroatoms. The third-order valence-corrected chi connectivity index (χ3v) is 2.89. The van der Waals surface area contributed by atoms with Gasteiger partial charge in [0.25, 0.3) is 0 Å². The monoisotopic (exact) mass is 282 g/mol. The van der Waals surface area contributed by atoms with Crippen LogP contribution in [0.3, 0.4) is 0 Å². The Kier molecular flexibility index (Phi) is 4.51. The Bertz CT molecular complexity index is 684. The minimum atomic E-state index is -0.423. The number of para-hydroxylation sites is 1. The molecule has 0 aromatic heterocycles. The van der Waals surface area contributed by atoms with Crippen LogP contribution in [-0.4, -0.2) is 21.8 Å². The van der Waals surface area contributed by atoms with Gasteiger partial charge in [0.15, 0.2) is 11.6 Å². The van der Waals surface area contributed by atoms with Crippen LogP contribution in [0.5, 0.6) is 11.5 Å². The molecule has 0 aliphatic heterocycles. The van der Waals surface area contributed by atoms with Crippen molar-refractivity contribution in [2.75, 3.05) is 0 Å². The Morgan fingerprint density at radius 2 is 1.62 bits per heavy atom. The summed E-state index contributed by atoms with van der Waals surface area (Å²) in [4.78, 5) is 23.6. The summed E-state index contributed by atoms with van der Waals surface area (Å²) in [6, 6.07) is 12.5. The summed E-state index contributed by atoms with van der Waals surface area (Å²) in [5, 5.41) is 18.7. The molecule has 2 rings (SSSR count). The van der Waals surface area contributed by atoms with Gasteiger partial charge in [0.05, 0.1) is 12.0 Å². The second-order valence-electron chi connectivity index (χ2n) is 4.51. The maximum Gasteiger partial charge on any atom is 0.174 e. The number of phenols is 2. The quantitative estimate of drug-likeness (QED) is 0.502. The average Bonchev–Trinajstić information content (AvgIpc) is 2.47. The van der Waals surface area contributed by atoms with Gasteiger partial charge in [0.2, 0.25) is 0 Å². The van der Waals surface area contributed by atoms with E-state index in [4.69, 9.17) is 5.11 Å². The van der Waals surface area contributed by atoms with Gasteiger partial charge in [-0.15, -0.1) is 0 Å². The molecular formula is C17H14O4. The molecule has 0 aliphatic carbocycles. The predicted molar refractivity (Wildman–Crippen MR) is 79.2 cm³/mol. The molecule has 0 fully saturated rings. The van der Waals surface area contributed by atoms with Crippen LogP contribution in [0.2, 0.25) is 0 Å². The van der Waals surface area contributed by atoms with E-state index < -0.39 is 5.78 Å². The van der Waals surface area contributed by atoms with Gasteiger partial charge in [-0.25, -0.2) is 0 Å². The van der Waals surface area contributed by atoms with Crippen LogP contribution in [-0.2, 0) is 4.79 Å². The maximum atomic E-state index is 11.9. The van der Waals surface area contributed by atoms with Crippen LogP contribution in [0.15, 0.2) is 54.6 Å². The summed E-state index contributed by atoms with van der Waals surface area (Å²) in [6.07, 6.45) is 2.58. The summed E-state index contributed by atoms with van der Waals surface area (Å²) in [6.45, 7) is 0. The van der Waals surface area contributed by atoms with Gasteiger partial charge in [-0.2, -0.15) is 0 Å². The SMILES string of the molecule is O=C(/C=C/c1ccc(O)cc1)CC(=O)c1ccccc1O. The van der Waals surface area contributed by atoms with E-state index in [-0.39, 0.29) is 29.3 Å². The number of ketones is 2. The molecule has 2 aromatic carbocycles. The molecule has 0 radical (unpaired) electrons. The maximum absolute atomic E-state index is 11.9. The number of hydrogen-bond acceptors (Lipinski definition) is 4. The molecular weight excluding hydrogens is 268 g/mol. The summed E-state index contributed by atoms with van der Waals surface area (Å²) in [5.41, 5.74) is 0.889. The van der Waals surface area contributed by atoms with Crippen molar-refractivity contribution in [2.24, 2.45) is 0 Å². The first-order valence-corrected chi connectivity index (χ1v) is 6.37. The molecule has 0 saturated carbocycles. The summed E-state index contributed by atoms with van der Waals surface area (Å²) >= 11 is 0. The Morgan fingerprint density at radius 1 is 0.952 bits per heavy atom. The Morgan fingerprint density at radius 3 is 2.29 bits per heavy atom. The number of carbonyl (C=O) groups is 2. The minimum Gasteiger partial charge on any atom is -0.508 e. The molecule has 0 saturated heterocycles. The van der Waals surface area contributed by atoms with E-state index in [1.165, 1.54) is 30.3 Å². The van der Waals surface area contributed by atoms with Crippen molar-refractivity contribution in [3.63, 3.8) is 0 Å². The fraction of sp³-hybridized carbons (Fsp3) is 0.0588. The van der Waals surface area contributed by atoms with Crippen LogP contribution < -0.4 is 0 Å². The first-order valence-electron chi connectivity index (χ1n) is 6.37. The molecule has 0 bridgehead atoms. The van der Waals surface area contributed by atoms with Crippen LogP contribution in [0.1, 0.15) is 22.3 Å². The summed E-state index contributed by atoms with van der Waals surface area (Å²) < 4.78 is 0. The lowest BCUT2D eigenvalue weighted by Gasteiger charge is -2.01. The molecule has 0 aliphatic rings. The first-order chi connectivity index (χ1) is 10.1.